The van der Waals surface area contributed by atoms with Crippen molar-refractivity contribution >= 4 is 5.97 Å². The lowest BCUT2D eigenvalue weighted by Gasteiger charge is -2.35. The number of phenols is 1. The van der Waals surface area contributed by atoms with Gasteiger partial charge in [-0.2, -0.15) is 0 Å². The second kappa shape index (κ2) is 15.1. The minimum atomic E-state index is -1.40. The van der Waals surface area contributed by atoms with Crippen molar-refractivity contribution in [2.24, 2.45) is 0 Å². The first-order valence-electron chi connectivity index (χ1n) is 13.2. The molecule has 8 heteroatoms. The van der Waals surface area contributed by atoms with E-state index in [1.54, 1.807) is 19.9 Å². The predicted octanol–water partition coefficient (Wildman–Crippen LogP) is 4.63. The van der Waals surface area contributed by atoms with Gasteiger partial charge in [-0.15, -0.1) is 0 Å². The van der Waals surface area contributed by atoms with Crippen LogP contribution in [0.1, 0.15) is 76.0 Å². The Hall–Kier alpha value is -2.65. The van der Waals surface area contributed by atoms with Crippen molar-refractivity contribution in [3.63, 3.8) is 0 Å². The van der Waals surface area contributed by atoms with Crippen LogP contribution in [0, 0.1) is 13.8 Å². The summed E-state index contributed by atoms with van der Waals surface area (Å²) in [6.07, 6.45) is 6.30. The molecule has 1 heterocycles. The maximum atomic E-state index is 10.7. The fraction of sp³-hybridized carbons (Fsp3) is 0.567. The van der Waals surface area contributed by atoms with Gasteiger partial charge in [0.25, 0.3) is 0 Å². The molecule has 0 bridgehead atoms. The molecule has 1 aliphatic rings. The van der Waals surface area contributed by atoms with E-state index in [1.807, 2.05) is 6.92 Å². The highest BCUT2D eigenvalue weighted by atomic mass is 16.7. The lowest BCUT2D eigenvalue weighted by molar-refractivity contribution is -0.242. The SMILES string of the molecule is C/C(=C\CC/C(C)=C/Cc1cc(O[C@@H]2OC[C@@H](O)[C@@H](O)[C@@H]2O)c(C)c(C)c1O)CC/C=C(\C)CCC(=O)O. The van der Waals surface area contributed by atoms with Crippen molar-refractivity contribution in [3.8, 4) is 11.5 Å². The van der Waals surface area contributed by atoms with Crippen molar-refractivity contribution in [2.75, 3.05) is 6.61 Å². The Morgan fingerprint density at radius 2 is 1.50 bits per heavy atom. The van der Waals surface area contributed by atoms with Crippen LogP contribution in [0.15, 0.2) is 41.0 Å². The molecule has 1 saturated heterocycles. The van der Waals surface area contributed by atoms with Crippen LogP contribution in [-0.4, -0.2) is 62.7 Å². The van der Waals surface area contributed by atoms with Crippen LogP contribution >= 0.6 is 0 Å². The van der Waals surface area contributed by atoms with Gasteiger partial charge < -0.3 is 35.0 Å². The fourth-order valence-corrected chi connectivity index (χ4v) is 4.21. The van der Waals surface area contributed by atoms with Crippen LogP contribution in [0.5, 0.6) is 11.5 Å². The Balaban J connectivity index is 1.94. The van der Waals surface area contributed by atoms with Crippen LogP contribution in [-0.2, 0) is 16.0 Å². The Morgan fingerprint density at radius 1 is 0.921 bits per heavy atom. The average molecular weight is 533 g/mol. The van der Waals surface area contributed by atoms with E-state index in [4.69, 9.17) is 14.6 Å². The van der Waals surface area contributed by atoms with Gasteiger partial charge in [-0.3, -0.25) is 4.79 Å². The first-order chi connectivity index (χ1) is 17.9. The third-order valence-electron chi connectivity index (χ3n) is 7.06. The second-order valence-electron chi connectivity index (χ2n) is 10.3. The number of aromatic hydroxyl groups is 1. The largest absolute Gasteiger partial charge is 0.507 e. The monoisotopic (exact) mass is 532 g/mol. The van der Waals surface area contributed by atoms with E-state index in [1.165, 1.54) is 11.1 Å². The van der Waals surface area contributed by atoms with Crippen LogP contribution in [0.3, 0.4) is 0 Å². The maximum absolute atomic E-state index is 10.7. The van der Waals surface area contributed by atoms with Gasteiger partial charge in [0, 0.05) is 12.0 Å². The zero-order chi connectivity index (χ0) is 28.4. The first kappa shape index (κ1) is 31.6. The summed E-state index contributed by atoms with van der Waals surface area (Å²) in [7, 11) is 0. The number of aliphatic hydroxyl groups is 3. The molecule has 0 aliphatic carbocycles. The zero-order valence-corrected chi connectivity index (χ0v) is 23.2. The molecule has 5 N–H and O–H groups in total. The number of carboxylic acids is 1. The van der Waals surface area contributed by atoms with Crippen molar-refractivity contribution in [2.45, 2.75) is 104 Å². The molecule has 0 unspecified atom stereocenters. The fourth-order valence-electron chi connectivity index (χ4n) is 4.21. The molecular weight excluding hydrogens is 488 g/mol. The highest BCUT2D eigenvalue weighted by Gasteiger charge is 2.39. The zero-order valence-electron chi connectivity index (χ0n) is 23.2. The number of carboxylic acid groups (broad SMARTS) is 1. The average Bonchev–Trinajstić information content (AvgIpc) is 2.87. The van der Waals surface area contributed by atoms with Gasteiger partial charge in [0.1, 0.15) is 29.8 Å². The number of hydrogen-bond donors (Lipinski definition) is 5. The number of hydrogen-bond acceptors (Lipinski definition) is 7. The summed E-state index contributed by atoms with van der Waals surface area (Å²) in [5.41, 5.74) is 5.67. The molecule has 38 heavy (non-hydrogen) atoms. The van der Waals surface area contributed by atoms with Crippen molar-refractivity contribution < 1.29 is 39.8 Å². The summed E-state index contributed by atoms with van der Waals surface area (Å²) in [5.74, 6) is -0.128. The molecule has 4 atom stereocenters. The smallest absolute Gasteiger partial charge is 0.303 e. The third-order valence-corrected chi connectivity index (χ3v) is 7.06. The summed E-state index contributed by atoms with van der Waals surface area (Å²) in [6, 6.07) is 1.73. The Kier molecular flexibility index (Phi) is 12.5. The van der Waals surface area contributed by atoms with Crippen molar-refractivity contribution in [1.82, 2.24) is 0 Å². The van der Waals surface area contributed by atoms with Crippen molar-refractivity contribution in [1.29, 1.82) is 0 Å². The van der Waals surface area contributed by atoms with Gasteiger partial charge in [-0.05, 0) is 90.3 Å². The molecule has 8 nitrogen and oxygen atoms in total. The number of carbonyl (C=O) groups is 1. The molecule has 2 rings (SSSR count). The molecular formula is C30H44O8. The molecule has 1 aromatic rings. The van der Waals surface area contributed by atoms with Gasteiger partial charge in [-0.1, -0.05) is 34.9 Å². The molecule has 1 aromatic carbocycles. The molecule has 1 aliphatic heterocycles. The molecule has 0 aromatic heterocycles. The van der Waals surface area contributed by atoms with E-state index in [9.17, 15) is 25.2 Å². The number of phenolic OH excluding ortho intramolecular Hbond substituents is 1. The quantitative estimate of drug-likeness (QED) is 0.232. The molecule has 1 fully saturated rings. The van der Waals surface area contributed by atoms with Gasteiger partial charge in [0.2, 0.25) is 6.29 Å². The molecule has 0 amide bonds. The van der Waals surface area contributed by atoms with Crippen LogP contribution < -0.4 is 4.74 Å². The minimum Gasteiger partial charge on any atom is -0.507 e. The number of rotatable bonds is 13. The normalized spacial score (nSPS) is 23.0. The lowest BCUT2D eigenvalue weighted by atomic mass is 9.99. The van der Waals surface area contributed by atoms with Gasteiger partial charge in [0.15, 0.2) is 0 Å². The van der Waals surface area contributed by atoms with Crippen LogP contribution in [0.25, 0.3) is 0 Å². The van der Waals surface area contributed by atoms with E-state index >= 15 is 0 Å². The molecule has 0 saturated carbocycles. The second-order valence-corrected chi connectivity index (χ2v) is 10.3. The minimum absolute atomic E-state index is 0.148. The number of allylic oxidation sites excluding steroid dienone is 6. The number of ether oxygens (including phenoxy) is 2. The summed E-state index contributed by atoms with van der Waals surface area (Å²) in [5, 5.41) is 49.3. The summed E-state index contributed by atoms with van der Waals surface area (Å²) >= 11 is 0. The summed E-state index contributed by atoms with van der Waals surface area (Å²) < 4.78 is 11.2. The maximum Gasteiger partial charge on any atom is 0.303 e. The molecule has 0 radical (unpaired) electrons. The predicted molar refractivity (Wildman–Crippen MR) is 146 cm³/mol. The molecule has 212 valence electrons. The summed E-state index contributed by atoms with van der Waals surface area (Å²) in [4.78, 5) is 10.7. The van der Waals surface area contributed by atoms with Gasteiger partial charge >= 0.3 is 5.97 Å². The lowest BCUT2D eigenvalue weighted by Crippen LogP contribution is -2.54. The van der Waals surface area contributed by atoms with E-state index in [0.717, 1.165) is 31.3 Å². The van der Waals surface area contributed by atoms with E-state index in [-0.39, 0.29) is 18.8 Å². The molecule has 0 spiro atoms. The van der Waals surface area contributed by atoms with Gasteiger partial charge in [-0.25, -0.2) is 0 Å². The van der Waals surface area contributed by atoms with E-state index in [2.05, 4.69) is 32.1 Å². The first-order valence-corrected chi connectivity index (χ1v) is 13.2. The Labute approximate surface area is 225 Å². The number of aliphatic hydroxyl groups excluding tert-OH is 3. The highest BCUT2D eigenvalue weighted by molar-refractivity contribution is 5.67. The topological polar surface area (TPSA) is 137 Å². The standard InChI is InChI=1S/C30H44O8/c1-18(9-7-11-20(3)13-15-26(32)33)8-6-10-19(2)12-14-23-16-25(21(4)22(5)27(23)34)38-30-29(36)28(35)24(31)17-37-30/h8,11-12,16,24,28-31,34-36H,6-7,9-10,13-15,17H2,1-5H3,(H,32,33)/b18-8+,19-12+,20-11+/t24-,28-,29+,30+/m1/s1. The van der Waals surface area contributed by atoms with Gasteiger partial charge in [0.05, 0.1) is 6.61 Å². The Morgan fingerprint density at radius 3 is 2.11 bits per heavy atom. The van der Waals surface area contributed by atoms with E-state index < -0.39 is 30.6 Å². The van der Waals surface area contributed by atoms with E-state index in [0.29, 0.717) is 35.3 Å². The Bertz CT molecular complexity index is 1040. The van der Waals surface area contributed by atoms with Crippen LogP contribution in [0.4, 0.5) is 0 Å². The summed E-state index contributed by atoms with van der Waals surface area (Å²) in [6.45, 7) is 9.60. The van der Waals surface area contributed by atoms with Crippen LogP contribution in [0.2, 0.25) is 0 Å². The van der Waals surface area contributed by atoms with Crippen molar-refractivity contribution in [3.05, 3.63) is 57.7 Å². The third kappa shape index (κ3) is 9.58. The highest BCUT2D eigenvalue weighted by Crippen LogP contribution is 2.35. The number of aliphatic carboxylic acids is 1. The number of benzene rings is 1.